The fourth-order valence-corrected chi connectivity index (χ4v) is 2.99. The summed E-state index contributed by atoms with van der Waals surface area (Å²) in [5, 5.41) is 0. The first-order valence-corrected chi connectivity index (χ1v) is 8.32. The van der Waals surface area contributed by atoms with Gasteiger partial charge in [-0.15, -0.1) is 0 Å². The first-order chi connectivity index (χ1) is 10.7. The van der Waals surface area contributed by atoms with Crippen LogP contribution >= 0.6 is 0 Å². The molecule has 1 aliphatic heterocycles. The van der Waals surface area contributed by atoms with E-state index in [9.17, 15) is 4.79 Å². The Morgan fingerprint density at radius 1 is 1.22 bits per heavy atom. The fourth-order valence-electron chi connectivity index (χ4n) is 2.99. The van der Waals surface area contributed by atoms with Crippen LogP contribution in [-0.2, 0) is 4.74 Å². The van der Waals surface area contributed by atoms with Crippen molar-refractivity contribution in [1.82, 2.24) is 9.88 Å². The van der Waals surface area contributed by atoms with Crippen LogP contribution in [0, 0.1) is 13.8 Å². The molecule has 5 heteroatoms. The number of amides is 1. The lowest BCUT2D eigenvalue weighted by atomic mass is 10.0. The van der Waals surface area contributed by atoms with Crippen LogP contribution in [0.1, 0.15) is 45.0 Å². The van der Waals surface area contributed by atoms with E-state index in [-0.39, 0.29) is 12.1 Å². The van der Waals surface area contributed by atoms with Crippen LogP contribution in [0.4, 0.5) is 10.5 Å². The molecule has 1 fully saturated rings. The van der Waals surface area contributed by atoms with Crippen molar-refractivity contribution in [1.29, 1.82) is 0 Å². The van der Waals surface area contributed by atoms with E-state index in [1.807, 2.05) is 41.7 Å². The maximum atomic E-state index is 12.2. The first kappa shape index (κ1) is 17.6. The van der Waals surface area contributed by atoms with Gasteiger partial charge >= 0.3 is 6.09 Å². The monoisotopic (exact) mass is 319 g/mol. The third-order valence-electron chi connectivity index (χ3n) is 4.13. The second kappa shape index (κ2) is 6.77. The van der Waals surface area contributed by atoms with E-state index in [1.54, 1.807) is 4.90 Å². The van der Waals surface area contributed by atoms with Crippen molar-refractivity contribution < 1.29 is 9.53 Å². The quantitative estimate of drug-likeness (QED) is 0.836. The summed E-state index contributed by atoms with van der Waals surface area (Å²) in [6, 6.07) is 4.50. The van der Waals surface area contributed by atoms with Gasteiger partial charge in [-0.1, -0.05) is 0 Å². The fraction of sp³-hybridized carbons (Fsp3) is 0.667. The number of hydrogen-bond acceptors (Lipinski definition) is 4. The van der Waals surface area contributed by atoms with Crippen molar-refractivity contribution in [2.75, 3.05) is 25.0 Å². The van der Waals surface area contributed by atoms with Crippen molar-refractivity contribution >= 4 is 11.8 Å². The number of hydrogen-bond donors (Lipinski definition) is 0. The predicted molar refractivity (Wildman–Crippen MR) is 92.9 cm³/mol. The van der Waals surface area contributed by atoms with E-state index in [0.717, 1.165) is 37.3 Å². The molecule has 2 heterocycles. The maximum Gasteiger partial charge on any atom is 0.410 e. The van der Waals surface area contributed by atoms with Crippen LogP contribution in [0.2, 0.25) is 0 Å². The summed E-state index contributed by atoms with van der Waals surface area (Å²) >= 11 is 0. The minimum Gasteiger partial charge on any atom is -0.444 e. The van der Waals surface area contributed by atoms with Gasteiger partial charge in [0.15, 0.2) is 0 Å². The third-order valence-corrected chi connectivity index (χ3v) is 4.13. The van der Waals surface area contributed by atoms with Gasteiger partial charge in [-0.25, -0.2) is 4.79 Å². The molecule has 5 nitrogen and oxygen atoms in total. The van der Waals surface area contributed by atoms with Gasteiger partial charge in [0.25, 0.3) is 0 Å². The minimum atomic E-state index is -0.446. The van der Waals surface area contributed by atoms with Crippen LogP contribution in [0.3, 0.4) is 0 Å². The number of carbonyl (C=O) groups is 1. The molecule has 128 valence electrons. The van der Waals surface area contributed by atoms with Gasteiger partial charge in [-0.3, -0.25) is 4.98 Å². The number of piperidine rings is 1. The Morgan fingerprint density at radius 3 is 2.22 bits per heavy atom. The molecular formula is C18H29N3O2. The van der Waals surface area contributed by atoms with E-state index < -0.39 is 5.60 Å². The van der Waals surface area contributed by atoms with E-state index >= 15 is 0 Å². The number of nitrogens with zero attached hydrogens (tertiary/aromatic N) is 3. The molecule has 0 unspecified atom stereocenters. The summed E-state index contributed by atoms with van der Waals surface area (Å²) in [5.74, 6) is 0. The van der Waals surface area contributed by atoms with Gasteiger partial charge in [0, 0.05) is 43.3 Å². The molecule has 0 radical (unpaired) electrons. The summed E-state index contributed by atoms with van der Waals surface area (Å²) in [5.41, 5.74) is 2.88. The van der Waals surface area contributed by atoms with Crippen LogP contribution < -0.4 is 4.90 Å². The van der Waals surface area contributed by atoms with Gasteiger partial charge in [0.1, 0.15) is 5.60 Å². The Bertz CT molecular complexity index is 538. The summed E-state index contributed by atoms with van der Waals surface area (Å²) in [6.45, 7) is 11.6. The molecule has 1 aromatic heterocycles. The molecule has 23 heavy (non-hydrogen) atoms. The SMILES string of the molecule is Cc1cc(N2CCC(N(C)C(=O)OC(C)(C)C)CC2)cc(C)n1. The highest BCUT2D eigenvalue weighted by Gasteiger charge is 2.28. The van der Waals surface area contributed by atoms with Crippen LogP contribution in [0.5, 0.6) is 0 Å². The second-order valence-corrected chi connectivity index (χ2v) is 7.42. The standard InChI is InChI=1S/C18H29N3O2/c1-13-11-16(12-14(2)19-13)21-9-7-15(8-10-21)20(6)17(22)23-18(3,4)5/h11-12,15H,7-10H2,1-6H3. The zero-order valence-electron chi connectivity index (χ0n) is 15.2. The highest BCUT2D eigenvalue weighted by molar-refractivity contribution is 5.68. The van der Waals surface area contributed by atoms with Crippen molar-refractivity contribution in [2.45, 2.75) is 59.1 Å². The van der Waals surface area contributed by atoms with E-state index in [4.69, 9.17) is 4.74 Å². The van der Waals surface area contributed by atoms with Crippen molar-refractivity contribution in [3.8, 4) is 0 Å². The number of aryl methyl sites for hydroxylation is 2. The zero-order valence-corrected chi connectivity index (χ0v) is 15.2. The van der Waals surface area contributed by atoms with Gasteiger partial charge in [0.05, 0.1) is 0 Å². The predicted octanol–water partition coefficient (Wildman–Crippen LogP) is 3.53. The van der Waals surface area contributed by atoms with Crippen LogP contribution in [0.25, 0.3) is 0 Å². The average Bonchev–Trinajstić information content (AvgIpc) is 2.44. The number of ether oxygens (including phenoxy) is 1. The Morgan fingerprint density at radius 2 is 1.74 bits per heavy atom. The molecule has 0 atom stereocenters. The number of aromatic nitrogens is 1. The van der Waals surface area contributed by atoms with E-state index in [2.05, 4.69) is 22.0 Å². The number of pyridine rings is 1. The average molecular weight is 319 g/mol. The molecule has 0 N–H and O–H groups in total. The maximum absolute atomic E-state index is 12.2. The molecule has 2 rings (SSSR count). The number of anilines is 1. The molecule has 0 aliphatic carbocycles. The number of carbonyl (C=O) groups excluding carboxylic acids is 1. The molecule has 0 bridgehead atoms. The third kappa shape index (κ3) is 4.85. The zero-order chi connectivity index (χ0) is 17.2. The highest BCUT2D eigenvalue weighted by Crippen LogP contribution is 2.24. The van der Waals surface area contributed by atoms with Gasteiger partial charge in [0.2, 0.25) is 0 Å². The number of rotatable bonds is 2. The highest BCUT2D eigenvalue weighted by atomic mass is 16.6. The van der Waals surface area contributed by atoms with Gasteiger partial charge in [-0.2, -0.15) is 0 Å². The Hall–Kier alpha value is -1.78. The smallest absolute Gasteiger partial charge is 0.410 e. The minimum absolute atomic E-state index is 0.230. The lowest BCUT2D eigenvalue weighted by Crippen LogP contribution is -2.47. The van der Waals surface area contributed by atoms with Gasteiger partial charge < -0.3 is 14.5 Å². The molecule has 0 aromatic carbocycles. The Kier molecular flexibility index (Phi) is 5.17. The largest absolute Gasteiger partial charge is 0.444 e. The van der Waals surface area contributed by atoms with Crippen molar-refractivity contribution in [2.24, 2.45) is 0 Å². The summed E-state index contributed by atoms with van der Waals surface area (Å²) in [7, 11) is 1.84. The molecule has 0 saturated carbocycles. The Balaban J connectivity index is 1.94. The molecule has 0 spiro atoms. The lowest BCUT2D eigenvalue weighted by molar-refractivity contribution is 0.0201. The van der Waals surface area contributed by atoms with Crippen LogP contribution in [0.15, 0.2) is 12.1 Å². The molecular weight excluding hydrogens is 290 g/mol. The van der Waals surface area contributed by atoms with Crippen LogP contribution in [-0.4, -0.2) is 47.8 Å². The van der Waals surface area contributed by atoms with Crippen molar-refractivity contribution in [3.63, 3.8) is 0 Å². The summed E-state index contributed by atoms with van der Waals surface area (Å²) in [4.78, 5) is 20.7. The van der Waals surface area contributed by atoms with Gasteiger partial charge in [-0.05, 0) is 59.6 Å². The Labute approximate surface area is 139 Å². The molecule has 1 saturated heterocycles. The van der Waals surface area contributed by atoms with E-state index in [0.29, 0.717) is 0 Å². The first-order valence-electron chi connectivity index (χ1n) is 8.32. The van der Waals surface area contributed by atoms with Crippen molar-refractivity contribution in [3.05, 3.63) is 23.5 Å². The normalized spacial score (nSPS) is 16.3. The molecule has 1 aromatic rings. The van der Waals surface area contributed by atoms with E-state index in [1.165, 1.54) is 5.69 Å². The topological polar surface area (TPSA) is 45.7 Å². The second-order valence-electron chi connectivity index (χ2n) is 7.42. The summed E-state index contributed by atoms with van der Waals surface area (Å²) in [6.07, 6.45) is 1.68. The lowest BCUT2D eigenvalue weighted by Gasteiger charge is -2.38. The molecule has 1 amide bonds. The summed E-state index contributed by atoms with van der Waals surface area (Å²) < 4.78 is 5.46. The molecule has 1 aliphatic rings.